The second kappa shape index (κ2) is 6.17. The highest BCUT2D eigenvalue weighted by Crippen LogP contribution is 2.21. The van der Waals surface area contributed by atoms with Crippen LogP contribution in [0.3, 0.4) is 0 Å². The zero-order chi connectivity index (χ0) is 13.8. The Hall–Kier alpha value is -1.39. The summed E-state index contributed by atoms with van der Waals surface area (Å²) >= 11 is 6.17. The number of hydrogen-bond donors (Lipinski definition) is 1. The molecule has 0 bridgehead atoms. The third-order valence-corrected chi connectivity index (χ3v) is 3.61. The highest BCUT2D eigenvalue weighted by Gasteiger charge is 2.13. The number of halogens is 1. The molecule has 0 aliphatic carbocycles. The molecule has 2 aromatic rings. The summed E-state index contributed by atoms with van der Waals surface area (Å²) < 4.78 is 1.85. The Balaban J connectivity index is 2.42. The van der Waals surface area contributed by atoms with Crippen molar-refractivity contribution < 1.29 is 0 Å². The molecule has 19 heavy (non-hydrogen) atoms. The van der Waals surface area contributed by atoms with Gasteiger partial charge in [0.25, 0.3) is 0 Å². The van der Waals surface area contributed by atoms with Gasteiger partial charge in [-0.05, 0) is 37.5 Å². The van der Waals surface area contributed by atoms with Crippen molar-refractivity contribution >= 4 is 11.6 Å². The number of aromatic nitrogens is 3. The third-order valence-electron chi connectivity index (χ3n) is 3.20. The number of rotatable bonds is 5. The highest BCUT2D eigenvalue weighted by atomic mass is 35.5. The molecular weight excluding hydrogens is 260 g/mol. The first-order valence-corrected chi connectivity index (χ1v) is 6.95. The van der Waals surface area contributed by atoms with Gasteiger partial charge in [0.1, 0.15) is 0 Å². The quantitative estimate of drug-likeness (QED) is 0.915. The Labute approximate surface area is 118 Å². The van der Waals surface area contributed by atoms with E-state index in [1.165, 1.54) is 0 Å². The summed E-state index contributed by atoms with van der Waals surface area (Å²) in [5.41, 5.74) is 9.67. The van der Waals surface area contributed by atoms with Crippen molar-refractivity contribution in [2.24, 2.45) is 5.73 Å². The number of nitrogens with zero attached hydrogens (tertiary/aromatic N) is 3. The second-order valence-corrected chi connectivity index (χ2v) is 5.04. The molecule has 0 saturated carbocycles. The van der Waals surface area contributed by atoms with Crippen molar-refractivity contribution in [3.63, 3.8) is 0 Å². The fourth-order valence-corrected chi connectivity index (χ4v) is 2.18. The fourth-order valence-electron chi connectivity index (χ4n) is 2.01. The van der Waals surface area contributed by atoms with Gasteiger partial charge in [0.05, 0.1) is 17.1 Å². The minimum Gasteiger partial charge on any atom is -0.325 e. The standard InChI is InChI=1S/C14H19ClN4/c1-3-4-5-14-13(9-16)17-18-19(14)11-7-6-10(2)12(15)8-11/h6-8H,3-5,9,16H2,1-2H3. The van der Waals surface area contributed by atoms with E-state index >= 15 is 0 Å². The predicted molar refractivity (Wildman–Crippen MR) is 77.6 cm³/mol. The molecule has 1 heterocycles. The van der Waals surface area contributed by atoms with Crippen LogP contribution >= 0.6 is 11.6 Å². The molecule has 0 atom stereocenters. The first-order chi connectivity index (χ1) is 9.17. The molecule has 1 aromatic carbocycles. The van der Waals surface area contributed by atoms with E-state index in [-0.39, 0.29) is 0 Å². The molecule has 2 N–H and O–H groups in total. The topological polar surface area (TPSA) is 56.7 Å². The molecule has 0 radical (unpaired) electrons. The smallest absolute Gasteiger partial charge is 0.0999 e. The Morgan fingerprint density at radius 1 is 1.37 bits per heavy atom. The van der Waals surface area contributed by atoms with Crippen molar-refractivity contribution in [2.45, 2.75) is 39.7 Å². The fraction of sp³-hybridized carbons (Fsp3) is 0.429. The lowest BCUT2D eigenvalue weighted by atomic mass is 10.1. The highest BCUT2D eigenvalue weighted by molar-refractivity contribution is 6.31. The van der Waals surface area contributed by atoms with Gasteiger partial charge < -0.3 is 5.73 Å². The molecule has 4 nitrogen and oxygen atoms in total. The molecule has 0 fully saturated rings. The maximum absolute atomic E-state index is 6.17. The second-order valence-electron chi connectivity index (χ2n) is 4.64. The number of unbranched alkanes of at least 4 members (excludes halogenated alkanes) is 1. The average molecular weight is 279 g/mol. The minimum absolute atomic E-state index is 0.415. The van der Waals surface area contributed by atoms with E-state index in [1.54, 1.807) is 0 Å². The molecular formula is C14H19ClN4. The average Bonchev–Trinajstić information content (AvgIpc) is 2.82. The predicted octanol–water partition coefficient (Wildman–Crippen LogP) is 3.03. The van der Waals surface area contributed by atoms with E-state index in [4.69, 9.17) is 17.3 Å². The van der Waals surface area contributed by atoms with Crippen molar-refractivity contribution in [1.82, 2.24) is 15.0 Å². The molecule has 0 amide bonds. The first kappa shape index (κ1) is 14.0. The van der Waals surface area contributed by atoms with Crippen molar-refractivity contribution in [2.75, 3.05) is 0 Å². The summed E-state index contributed by atoms with van der Waals surface area (Å²) in [6.07, 6.45) is 3.16. The zero-order valence-corrected chi connectivity index (χ0v) is 12.1. The summed E-state index contributed by atoms with van der Waals surface area (Å²) in [4.78, 5) is 0. The molecule has 0 aliphatic rings. The molecule has 0 saturated heterocycles. The maximum atomic E-state index is 6.17. The van der Waals surface area contributed by atoms with E-state index in [9.17, 15) is 0 Å². The van der Waals surface area contributed by atoms with Gasteiger partial charge in [-0.15, -0.1) is 5.10 Å². The Kier molecular flexibility index (Phi) is 4.56. The Bertz CT molecular complexity index is 563. The Morgan fingerprint density at radius 2 is 2.16 bits per heavy atom. The van der Waals surface area contributed by atoms with Crippen LogP contribution in [0, 0.1) is 6.92 Å². The van der Waals surface area contributed by atoms with Crippen LogP contribution in [0.5, 0.6) is 0 Å². The lowest BCUT2D eigenvalue weighted by molar-refractivity contribution is 0.714. The lowest BCUT2D eigenvalue weighted by Gasteiger charge is -2.08. The Morgan fingerprint density at radius 3 is 2.79 bits per heavy atom. The van der Waals surface area contributed by atoms with Crippen molar-refractivity contribution in [3.8, 4) is 5.69 Å². The molecule has 5 heteroatoms. The van der Waals surface area contributed by atoms with Crippen LogP contribution in [-0.4, -0.2) is 15.0 Å². The molecule has 0 aliphatic heterocycles. The van der Waals surface area contributed by atoms with Crippen LogP contribution in [0.15, 0.2) is 18.2 Å². The summed E-state index contributed by atoms with van der Waals surface area (Å²) in [6, 6.07) is 5.91. The molecule has 102 valence electrons. The lowest BCUT2D eigenvalue weighted by Crippen LogP contribution is -2.06. The van der Waals surface area contributed by atoms with Gasteiger partial charge in [0, 0.05) is 11.6 Å². The van der Waals surface area contributed by atoms with Crippen LogP contribution < -0.4 is 5.73 Å². The van der Waals surface area contributed by atoms with Gasteiger partial charge in [0.15, 0.2) is 0 Å². The van der Waals surface area contributed by atoms with Gasteiger partial charge in [-0.1, -0.05) is 36.2 Å². The monoisotopic (exact) mass is 278 g/mol. The number of aryl methyl sites for hydroxylation is 1. The van der Waals surface area contributed by atoms with Gasteiger partial charge in [0.2, 0.25) is 0 Å². The molecule has 1 aromatic heterocycles. The third kappa shape index (κ3) is 2.96. The van der Waals surface area contributed by atoms with Crippen LogP contribution in [-0.2, 0) is 13.0 Å². The SMILES string of the molecule is CCCCc1c(CN)nnn1-c1ccc(C)c(Cl)c1. The van der Waals surface area contributed by atoms with Crippen molar-refractivity contribution in [3.05, 3.63) is 40.2 Å². The first-order valence-electron chi connectivity index (χ1n) is 6.57. The molecule has 0 unspecified atom stereocenters. The maximum Gasteiger partial charge on any atom is 0.0999 e. The van der Waals surface area contributed by atoms with Crippen LogP contribution in [0.25, 0.3) is 5.69 Å². The summed E-state index contributed by atoms with van der Waals surface area (Å²) in [7, 11) is 0. The van der Waals surface area contributed by atoms with Crippen LogP contribution in [0.4, 0.5) is 0 Å². The normalized spacial score (nSPS) is 10.9. The van der Waals surface area contributed by atoms with Gasteiger partial charge in [-0.3, -0.25) is 0 Å². The van der Waals surface area contributed by atoms with E-state index in [2.05, 4.69) is 17.2 Å². The zero-order valence-electron chi connectivity index (χ0n) is 11.4. The van der Waals surface area contributed by atoms with Crippen LogP contribution in [0.1, 0.15) is 36.7 Å². The van der Waals surface area contributed by atoms with Gasteiger partial charge in [-0.25, -0.2) is 4.68 Å². The summed E-state index contributed by atoms with van der Waals surface area (Å²) in [5, 5.41) is 9.11. The number of nitrogens with two attached hydrogens (primary N) is 1. The number of hydrogen-bond acceptors (Lipinski definition) is 3. The van der Waals surface area contributed by atoms with E-state index in [0.717, 1.165) is 46.9 Å². The van der Waals surface area contributed by atoms with Gasteiger partial charge >= 0.3 is 0 Å². The summed E-state index contributed by atoms with van der Waals surface area (Å²) in [5.74, 6) is 0. The van der Waals surface area contributed by atoms with Crippen molar-refractivity contribution in [1.29, 1.82) is 0 Å². The van der Waals surface area contributed by atoms with Crippen LogP contribution in [0.2, 0.25) is 5.02 Å². The summed E-state index contributed by atoms with van der Waals surface area (Å²) in [6.45, 7) is 4.56. The van der Waals surface area contributed by atoms with Gasteiger partial charge in [-0.2, -0.15) is 0 Å². The molecule has 2 rings (SSSR count). The molecule has 0 spiro atoms. The van der Waals surface area contributed by atoms with E-state index in [1.807, 2.05) is 29.8 Å². The largest absolute Gasteiger partial charge is 0.325 e. The minimum atomic E-state index is 0.415. The number of benzene rings is 1. The van der Waals surface area contributed by atoms with E-state index in [0.29, 0.717) is 6.54 Å². The van der Waals surface area contributed by atoms with E-state index < -0.39 is 0 Å².